The average Bonchev–Trinajstić information content (AvgIpc) is 3.69. The fraction of sp³-hybridized carbons (Fsp3) is 0.490. The molecule has 3 aromatic carbocycles. The number of hydrogen-bond acceptors (Lipinski definition) is 13. The number of aromatic amines is 1. The molecule has 18 heteroatoms. The van der Waals surface area contributed by atoms with E-state index in [1.165, 1.54) is 41.7 Å². The number of nitro groups is 1. The van der Waals surface area contributed by atoms with Crippen molar-refractivity contribution in [3.8, 4) is 17.2 Å². The summed E-state index contributed by atoms with van der Waals surface area (Å²) in [6.07, 6.45) is 9.39. The predicted octanol–water partition coefficient (Wildman–Crippen LogP) is 8.50. The van der Waals surface area contributed by atoms with Gasteiger partial charge in [-0.2, -0.15) is 0 Å². The number of pyridine rings is 1. The molecule has 2 saturated carbocycles. The highest BCUT2D eigenvalue weighted by atomic mass is 32.2. The summed E-state index contributed by atoms with van der Waals surface area (Å²) in [5.41, 5.74) is 2.81. The Labute approximate surface area is 401 Å². The van der Waals surface area contributed by atoms with Crippen molar-refractivity contribution in [1.29, 1.82) is 0 Å². The number of piperidine rings is 1. The Morgan fingerprint density at radius 3 is 2.54 bits per heavy atom. The number of rotatable bonds is 11. The zero-order valence-corrected chi connectivity index (χ0v) is 40.4. The fourth-order valence-electron chi connectivity index (χ4n) is 11.6. The number of carbonyl (C=O) groups excluding carboxylic acids is 1. The normalized spacial score (nSPS) is 24.3. The van der Waals surface area contributed by atoms with E-state index in [1.54, 1.807) is 19.1 Å². The molecule has 1 spiro atoms. The van der Waals surface area contributed by atoms with Crippen LogP contribution >= 0.6 is 0 Å². The minimum absolute atomic E-state index is 0.0169. The number of nitrogens with one attached hydrogen (secondary N) is 3. The summed E-state index contributed by atoms with van der Waals surface area (Å²) in [6.45, 7) is 11.1. The summed E-state index contributed by atoms with van der Waals surface area (Å²) in [7, 11) is -2.50. The van der Waals surface area contributed by atoms with Gasteiger partial charge in [0.25, 0.3) is 21.6 Å². The van der Waals surface area contributed by atoms with Gasteiger partial charge in [0.2, 0.25) is 0 Å². The topological polar surface area (TPSA) is 195 Å². The lowest BCUT2D eigenvalue weighted by Crippen LogP contribution is -2.59. The van der Waals surface area contributed by atoms with Gasteiger partial charge in [-0.15, -0.1) is 0 Å². The molecule has 16 nitrogen and oxygen atoms in total. The lowest BCUT2D eigenvalue weighted by atomic mass is 9.59. The molecule has 2 saturated heterocycles. The molecule has 2 atom stereocenters. The number of amides is 1. The molecule has 4 N–H and O–H groups in total. The van der Waals surface area contributed by atoms with Crippen LogP contribution in [0.1, 0.15) is 106 Å². The van der Waals surface area contributed by atoms with E-state index < -0.39 is 42.9 Å². The van der Waals surface area contributed by atoms with Gasteiger partial charge in [0.05, 0.1) is 38.6 Å². The van der Waals surface area contributed by atoms with Gasteiger partial charge in [-0.25, -0.2) is 22.5 Å². The van der Waals surface area contributed by atoms with Crippen LogP contribution in [0.4, 0.5) is 21.5 Å². The van der Waals surface area contributed by atoms with Crippen molar-refractivity contribution in [1.82, 2.24) is 24.5 Å². The number of sulfonamides is 1. The zero-order valence-electron chi connectivity index (χ0n) is 39.5. The van der Waals surface area contributed by atoms with Crippen LogP contribution in [0.3, 0.4) is 0 Å². The summed E-state index contributed by atoms with van der Waals surface area (Å²) in [5.74, 6) is -0.935. The third kappa shape index (κ3) is 9.35. The molecule has 3 aliphatic heterocycles. The number of fused-ring (bicyclic) bond motifs is 2. The number of piperazine rings is 1. The molecule has 0 bridgehead atoms. The molecule has 0 radical (unpaired) electrons. The van der Waals surface area contributed by atoms with Crippen LogP contribution in [0.25, 0.3) is 11.0 Å². The molecule has 69 heavy (non-hydrogen) atoms. The molecular formula is C51H61FN8O8S. The lowest BCUT2D eigenvalue weighted by molar-refractivity contribution is -0.384. The first-order valence-electron chi connectivity index (χ1n) is 24.2. The molecule has 5 heterocycles. The number of benzene rings is 3. The Kier molecular flexibility index (Phi) is 12.3. The number of ether oxygens (including phenoxy) is 2. The first kappa shape index (κ1) is 46.9. The highest BCUT2D eigenvalue weighted by molar-refractivity contribution is 7.90. The maximum absolute atomic E-state index is 14.7. The van der Waals surface area contributed by atoms with E-state index in [0.717, 1.165) is 70.2 Å². The number of nitrogens with zero attached hydrogens (tertiary/aromatic N) is 5. The van der Waals surface area contributed by atoms with E-state index in [4.69, 9.17) is 9.47 Å². The van der Waals surface area contributed by atoms with E-state index >= 15 is 0 Å². The fourth-order valence-corrected chi connectivity index (χ4v) is 12.6. The number of likely N-dealkylation sites (N-methyl/N-ethyl adjacent to an activating group) is 1. The van der Waals surface area contributed by atoms with Crippen molar-refractivity contribution in [2.75, 3.05) is 56.6 Å². The number of hydrogen-bond donors (Lipinski definition) is 4. The number of aliphatic hydroxyl groups is 1. The second-order valence-corrected chi connectivity index (χ2v) is 22.4. The Bertz CT molecular complexity index is 2880. The number of halogens is 1. The first-order chi connectivity index (χ1) is 32.9. The van der Waals surface area contributed by atoms with Gasteiger partial charge in [-0.1, -0.05) is 38.1 Å². The van der Waals surface area contributed by atoms with Crippen LogP contribution in [0.15, 0.2) is 78.0 Å². The third-order valence-corrected chi connectivity index (χ3v) is 17.0. The molecule has 5 aliphatic rings. The summed E-state index contributed by atoms with van der Waals surface area (Å²) in [5, 5.41) is 26.3. The minimum Gasteiger partial charge on any atom is -0.489 e. The van der Waals surface area contributed by atoms with Gasteiger partial charge in [0.15, 0.2) is 11.4 Å². The van der Waals surface area contributed by atoms with Gasteiger partial charge < -0.3 is 34.7 Å². The van der Waals surface area contributed by atoms with Gasteiger partial charge >= 0.3 is 0 Å². The molecule has 2 aromatic heterocycles. The predicted molar refractivity (Wildman–Crippen MR) is 260 cm³/mol. The molecule has 1 amide bonds. The Morgan fingerprint density at radius 2 is 1.80 bits per heavy atom. The Balaban J connectivity index is 0.865. The summed E-state index contributed by atoms with van der Waals surface area (Å²) < 4.78 is 57.0. The smallest absolute Gasteiger partial charge is 0.297 e. The number of nitro benzene ring substituents is 1. The monoisotopic (exact) mass is 964 g/mol. The second-order valence-electron chi connectivity index (χ2n) is 20.7. The number of aromatic nitrogens is 2. The van der Waals surface area contributed by atoms with Crippen molar-refractivity contribution < 1.29 is 37.1 Å². The number of anilines is 2. The van der Waals surface area contributed by atoms with Crippen molar-refractivity contribution in [2.45, 2.75) is 107 Å². The van der Waals surface area contributed by atoms with Crippen LogP contribution in [-0.4, -0.2) is 108 Å². The molecule has 4 fully saturated rings. The van der Waals surface area contributed by atoms with Crippen molar-refractivity contribution in [2.24, 2.45) is 11.3 Å². The summed E-state index contributed by atoms with van der Waals surface area (Å²) in [4.78, 5) is 39.8. The largest absolute Gasteiger partial charge is 0.489 e. The Morgan fingerprint density at radius 1 is 1.04 bits per heavy atom. The zero-order chi connectivity index (χ0) is 48.4. The van der Waals surface area contributed by atoms with Crippen LogP contribution in [0.2, 0.25) is 0 Å². The second kappa shape index (κ2) is 18.2. The van der Waals surface area contributed by atoms with E-state index in [2.05, 4.69) is 79.9 Å². The molecule has 0 unspecified atom stereocenters. The molecule has 5 aromatic rings. The van der Waals surface area contributed by atoms with E-state index in [1.807, 2.05) is 0 Å². The Hall–Kier alpha value is -5.82. The molecular weight excluding hydrogens is 904 g/mol. The molecule has 2 aliphatic carbocycles. The maximum Gasteiger partial charge on any atom is 0.297 e. The SMILES string of the molecule is CC(C)c1ccccc1[C@H]1CN(C)CCN1C1CC2(CCN(c3ccc(C(=O)NS(=O)(=O)c4cc5c(c([N+](=O)[O-])c4)N[C@@H]([C@H]4CC[C@](C)(O)CC4)CO5)c(Oc4cnc5[nH]cc(F)c5c4)c3)CC2)C1. The van der Waals surface area contributed by atoms with E-state index in [-0.39, 0.29) is 57.9 Å². The number of carbonyl (C=O) groups is 1. The van der Waals surface area contributed by atoms with Gasteiger partial charge in [-0.05, 0) is 112 Å². The highest BCUT2D eigenvalue weighted by Crippen LogP contribution is 2.53. The lowest BCUT2D eigenvalue weighted by Gasteiger charge is -2.58. The highest BCUT2D eigenvalue weighted by Gasteiger charge is 2.50. The van der Waals surface area contributed by atoms with Crippen LogP contribution in [-0.2, 0) is 10.0 Å². The first-order valence-corrected chi connectivity index (χ1v) is 25.7. The average molecular weight is 965 g/mol. The van der Waals surface area contributed by atoms with E-state index in [9.17, 15) is 32.8 Å². The third-order valence-electron chi connectivity index (χ3n) is 15.7. The minimum atomic E-state index is -4.72. The molecule has 366 valence electrons. The van der Waals surface area contributed by atoms with Crippen LogP contribution < -0.4 is 24.4 Å². The quantitative estimate of drug-likeness (QED) is 0.0728. The van der Waals surface area contributed by atoms with Gasteiger partial charge in [0, 0.05) is 74.9 Å². The van der Waals surface area contributed by atoms with Crippen LogP contribution in [0, 0.1) is 27.3 Å². The number of H-pyrrole nitrogens is 1. The van der Waals surface area contributed by atoms with Gasteiger partial charge in [-0.3, -0.25) is 19.8 Å². The van der Waals surface area contributed by atoms with Crippen molar-refractivity contribution in [3.05, 3.63) is 106 Å². The van der Waals surface area contributed by atoms with Crippen LogP contribution in [0.5, 0.6) is 17.2 Å². The maximum atomic E-state index is 14.7. The van der Waals surface area contributed by atoms with E-state index in [0.29, 0.717) is 49.3 Å². The standard InChI is InChI=1S/C51H61FN8O8S/c1-31(2)37-7-5-6-8-38(37)44-29-57(4)19-20-59(44)34-25-51(26-34)15-17-58(18-16-51)33-9-10-39(45(21-33)68-35-22-40-41(52)28-54-48(40)53-27-35)49(61)56-69(65,66)36-23-43(60(63)64)47-46(24-36)67-30-42(55-47)32-11-13-50(3,62)14-12-32/h5-10,21-24,27-28,31-32,34,42,44,55,62H,11-20,25-26,29-30H2,1-4H3,(H,53,54)(H,56,61)/t32-,42-,44-,50-/m1/s1. The van der Waals surface area contributed by atoms with Crippen molar-refractivity contribution in [3.63, 3.8) is 0 Å². The summed E-state index contributed by atoms with van der Waals surface area (Å²) in [6, 6.07) is 18.0. The van der Waals surface area contributed by atoms with Crippen molar-refractivity contribution >= 4 is 44.0 Å². The van der Waals surface area contributed by atoms with Gasteiger partial charge in [0.1, 0.15) is 29.6 Å². The summed E-state index contributed by atoms with van der Waals surface area (Å²) >= 11 is 0. The molecule has 10 rings (SSSR count).